The Morgan fingerprint density at radius 1 is 1.22 bits per heavy atom. The van der Waals surface area contributed by atoms with Gasteiger partial charge in [-0.05, 0) is 48.1 Å². The van der Waals surface area contributed by atoms with E-state index in [1.165, 1.54) is 22.9 Å². The fourth-order valence-electron chi connectivity index (χ4n) is 4.94. The van der Waals surface area contributed by atoms with E-state index in [0.717, 1.165) is 6.42 Å². The Morgan fingerprint density at radius 2 is 1.93 bits per heavy atom. The molecule has 0 radical (unpaired) electrons. The summed E-state index contributed by atoms with van der Waals surface area (Å²) in [7, 11) is -3.76. The number of nitrogens with zero attached hydrogens (tertiary/aromatic N) is 1. The van der Waals surface area contributed by atoms with Gasteiger partial charge in [-0.15, -0.1) is 0 Å². The van der Waals surface area contributed by atoms with Crippen LogP contribution in [0.5, 0.6) is 0 Å². The molecule has 0 amide bonds. The smallest absolute Gasteiger partial charge is 0.374 e. The van der Waals surface area contributed by atoms with Gasteiger partial charge in [-0.1, -0.05) is 20.8 Å². The molecule has 4 unspecified atom stereocenters. The van der Waals surface area contributed by atoms with Gasteiger partial charge in [-0.25, -0.2) is 13.2 Å². The first-order chi connectivity index (χ1) is 12.7. The van der Waals surface area contributed by atoms with E-state index in [1.807, 2.05) is 0 Å². The summed E-state index contributed by atoms with van der Waals surface area (Å²) in [5.74, 6) is 0.774. The lowest BCUT2D eigenvalue weighted by atomic mass is 9.45. The van der Waals surface area contributed by atoms with Gasteiger partial charge in [0.1, 0.15) is 6.10 Å². The molecule has 150 valence electrons. The van der Waals surface area contributed by atoms with Crippen LogP contribution in [-0.2, 0) is 19.5 Å². The molecular formula is C19H27NO6S. The van der Waals surface area contributed by atoms with Gasteiger partial charge in [0.15, 0.2) is 0 Å². The zero-order valence-corrected chi connectivity index (χ0v) is 16.8. The molecule has 0 spiro atoms. The predicted octanol–water partition coefficient (Wildman–Crippen LogP) is 2.53. The summed E-state index contributed by atoms with van der Waals surface area (Å²) in [6.45, 7) is 7.98. The standard InChI is InChI=1S/C19H27NO6S/c1-12-14-10-13(19(14,2)3)11-16(12)26-18(21)15-4-5-17(25-15)27(22,23)20-6-8-24-9-7-20/h4-5,12-14,16H,6-11H2,1-3H3. The Kier molecular flexibility index (Phi) is 4.63. The van der Waals surface area contributed by atoms with E-state index in [2.05, 4.69) is 20.8 Å². The molecule has 2 heterocycles. The van der Waals surface area contributed by atoms with Crippen LogP contribution in [0.4, 0.5) is 0 Å². The molecule has 8 heteroatoms. The zero-order valence-electron chi connectivity index (χ0n) is 16.0. The molecule has 0 aromatic carbocycles. The third-order valence-electron chi connectivity index (χ3n) is 6.89. The fourth-order valence-corrected chi connectivity index (χ4v) is 6.26. The number of sulfonamides is 1. The average molecular weight is 397 g/mol. The van der Waals surface area contributed by atoms with Gasteiger partial charge in [-0.3, -0.25) is 0 Å². The third-order valence-corrected chi connectivity index (χ3v) is 8.66. The topological polar surface area (TPSA) is 86.1 Å². The normalized spacial score (nSPS) is 33.3. The molecule has 3 saturated carbocycles. The lowest BCUT2D eigenvalue weighted by Gasteiger charge is -2.61. The first-order valence-corrected chi connectivity index (χ1v) is 11.0. The molecular weight excluding hydrogens is 370 g/mol. The van der Waals surface area contributed by atoms with Gasteiger partial charge < -0.3 is 13.9 Å². The molecule has 7 nitrogen and oxygen atoms in total. The Morgan fingerprint density at radius 3 is 2.56 bits per heavy atom. The van der Waals surface area contributed by atoms with Crippen LogP contribution >= 0.6 is 0 Å². The van der Waals surface area contributed by atoms with Gasteiger partial charge >= 0.3 is 5.97 Å². The van der Waals surface area contributed by atoms with Crippen molar-refractivity contribution < 1.29 is 27.1 Å². The van der Waals surface area contributed by atoms with Gasteiger partial charge in [0, 0.05) is 13.1 Å². The minimum absolute atomic E-state index is 0.0625. The van der Waals surface area contributed by atoms with E-state index in [-0.39, 0.29) is 30.0 Å². The van der Waals surface area contributed by atoms with Crippen molar-refractivity contribution in [3.05, 3.63) is 17.9 Å². The highest BCUT2D eigenvalue weighted by Gasteiger charge is 2.57. The van der Waals surface area contributed by atoms with Crippen LogP contribution < -0.4 is 0 Å². The van der Waals surface area contributed by atoms with Crippen molar-refractivity contribution in [3.63, 3.8) is 0 Å². The summed E-state index contributed by atoms with van der Waals surface area (Å²) in [5, 5.41) is -0.225. The quantitative estimate of drug-likeness (QED) is 0.726. The lowest BCUT2D eigenvalue weighted by molar-refractivity contribution is -0.157. The maximum absolute atomic E-state index is 12.6. The number of morpholine rings is 1. The summed E-state index contributed by atoms with van der Waals surface area (Å²) < 4.78 is 42.8. The molecule has 4 atom stereocenters. The molecule has 1 aromatic rings. The van der Waals surface area contributed by atoms with Crippen LogP contribution in [0.25, 0.3) is 0 Å². The number of ether oxygens (including phenoxy) is 2. The minimum atomic E-state index is -3.76. The highest BCUT2D eigenvalue weighted by Crippen LogP contribution is 2.61. The van der Waals surface area contributed by atoms with Gasteiger partial charge in [0.25, 0.3) is 10.0 Å². The lowest BCUT2D eigenvalue weighted by Crippen LogP contribution is -2.57. The molecule has 1 aromatic heterocycles. The van der Waals surface area contributed by atoms with Crippen molar-refractivity contribution in [1.29, 1.82) is 0 Å². The first kappa shape index (κ1) is 19.0. The first-order valence-electron chi connectivity index (χ1n) is 9.60. The molecule has 0 N–H and O–H groups in total. The summed E-state index contributed by atoms with van der Waals surface area (Å²) in [5.41, 5.74) is 0.312. The summed E-state index contributed by atoms with van der Waals surface area (Å²) in [4.78, 5) is 12.5. The summed E-state index contributed by atoms with van der Waals surface area (Å²) >= 11 is 0. The Hall–Kier alpha value is -1.38. The van der Waals surface area contributed by atoms with E-state index in [4.69, 9.17) is 13.9 Å². The monoisotopic (exact) mass is 397 g/mol. The summed E-state index contributed by atoms with van der Waals surface area (Å²) in [6.07, 6.45) is 1.92. The number of rotatable bonds is 4. The van der Waals surface area contributed by atoms with E-state index in [0.29, 0.717) is 36.4 Å². The van der Waals surface area contributed by atoms with Crippen molar-refractivity contribution in [2.24, 2.45) is 23.2 Å². The van der Waals surface area contributed by atoms with Crippen molar-refractivity contribution in [3.8, 4) is 0 Å². The Balaban J connectivity index is 1.44. The number of carbonyl (C=O) groups is 1. The third kappa shape index (κ3) is 3.11. The molecule has 4 aliphatic rings. The average Bonchev–Trinajstić information content (AvgIpc) is 3.14. The largest absolute Gasteiger partial charge is 0.456 e. The number of hydrogen-bond donors (Lipinski definition) is 0. The van der Waals surface area contributed by atoms with Crippen LogP contribution in [0.15, 0.2) is 21.6 Å². The molecule has 2 bridgehead atoms. The highest BCUT2D eigenvalue weighted by molar-refractivity contribution is 7.89. The SMILES string of the molecule is CC1C(OC(=O)c2ccc(S(=O)(=O)N3CCOCC3)o2)CC2CC1C2(C)C. The Labute approximate surface area is 160 Å². The number of hydrogen-bond acceptors (Lipinski definition) is 6. The van der Waals surface area contributed by atoms with Crippen LogP contribution in [0.3, 0.4) is 0 Å². The van der Waals surface area contributed by atoms with E-state index < -0.39 is 16.0 Å². The number of esters is 1. The van der Waals surface area contributed by atoms with Crippen LogP contribution in [0.2, 0.25) is 0 Å². The van der Waals surface area contributed by atoms with E-state index in [1.54, 1.807) is 0 Å². The number of carbonyl (C=O) groups excluding carboxylic acids is 1. The molecule has 1 aliphatic heterocycles. The molecule has 4 fully saturated rings. The van der Waals surface area contributed by atoms with Crippen molar-refractivity contribution in [2.45, 2.75) is 44.8 Å². The zero-order chi connectivity index (χ0) is 19.4. The fraction of sp³-hybridized carbons (Fsp3) is 0.737. The second kappa shape index (κ2) is 6.60. The molecule has 1 saturated heterocycles. The van der Waals surface area contributed by atoms with Crippen LogP contribution in [0.1, 0.15) is 44.2 Å². The van der Waals surface area contributed by atoms with Crippen LogP contribution in [-0.4, -0.2) is 51.1 Å². The highest BCUT2D eigenvalue weighted by atomic mass is 32.2. The predicted molar refractivity (Wildman–Crippen MR) is 96.6 cm³/mol. The van der Waals surface area contributed by atoms with E-state index in [9.17, 15) is 13.2 Å². The molecule has 3 aliphatic carbocycles. The Bertz CT molecular complexity index is 823. The van der Waals surface area contributed by atoms with Gasteiger partial charge in [0.2, 0.25) is 10.9 Å². The van der Waals surface area contributed by atoms with Crippen molar-refractivity contribution >= 4 is 16.0 Å². The van der Waals surface area contributed by atoms with E-state index >= 15 is 0 Å². The number of fused-ring (bicyclic) bond motifs is 2. The van der Waals surface area contributed by atoms with Crippen molar-refractivity contribution in [2.75, 3.05) is 26.3 Å². The van der Waals surface area contributed by atoms with Gasteiger partial charge in [-0.2, -0.15) is 4.31 Å². The summed E-state index contributed by atoms with van der Waals surface area (Å²) in [6, 6.07) is 2.71. The molecule has 27 heavy (non-hydrogen) atoms. The van der Waals surface area contributed by atoms with Crippen LogP contribution in [0, 0.1) is 23.2 Å². The maximum atomic E-state index is 12.6. The van der Waals surface area contributed by atoms with Crippen molar-refractivity contribution in [1.82, 2.24) is 4.31 Å². The molecule has 5 rings (SSSR count). The van der Waals surface area contributed by atoms with Gasteiger partial charge in [0.05, 0.1) is 13.2 Å². The maximum Gasteiger partial charge on any atom is 0.374 e. The minimum Gasteiger partial charge on any atom is -0.456 e. The number of furan rings is 1. The second-order valence-corrected chi connectivity index (χ2v) is 10.4. The second-order valence-electron chi connectivity index (χ2n) is 8.53.